The summed E-state index contributed by atoms with van der Waals surface area (Å²) in [4.78, 5) is 11.8. The Morgan fingerprint density at radius 1 is 1.29 bits per heavy atom. The number of rotatable bonds is 10. The normalized spacial score (nSPS) is 10.6. The van der Waals surface area contributed by atoms with Crippen LogP contribution >= 0.6 is 0 Å². The van der Waals surface area contributed by atoms with Gasteiger partial charge in [0, 0.05) is 12.5 Å². The van der Waals surface area contributed by atoms with Gasteiger partial charge in [0.15, 0.2) is 0 Å². The van der Waals surface area contributed by atoms with Crippen molar-refractivity contribution in [1.82, 2.24) is 5.32 Å². The van der Waals surface area contributed by atoms with Crippen LogP contribution in [0.25, 0.3) is 0 Å². The van der Waals surface area contributed by atoms with Gasteiger partial charge in [-0.05, 0) is 19.8 Å². The second-order valence-corrected chi connectivity index (χ2v) is 4.57. The Bertz CT molecular complexity index is 220. The highest BCUT2D eigenvalue weighted by Crippen LogP contribution is 2.13. The number of ether oxygens (including phenoxy) is 1. The third kappa shape index (κ3) is 8.93. The van der Waals surface area contributed by atoms with Crippen molar-refractivity contribution in [1.29, 1.82) is 0 Å². The lowest BCUT2D eigenvalue weighted by atomic mass is 9.97. The molecule has 0 rings (SSSR count). The van der Waals surface area contributed by atoms with Crippen molar-refractivity contribution in [3.63, 3.8) is 0 Å². The fourth-order valence-corrected chi connectivity index (χ4v) is 1.74. The van der Waals surface area contributed by atoms with E-state index < -0.39 is 0 Å². The zero-order chi connectivity index (χ0) is 13.1. The third-order valence-electron chi connectivity index (χ3n) is 2.54. The van der Waals surface area contributed by atoms with Crippen LogP contribution in [-0.4, -0.2) is 25.7 Å². The van der Waals surface area contributed by atoms with Crippen molar-refractivity contribution >= 4 is 5.91 Å². The summed E-state index contributed by atoms with van der Waals surface area (Å²) >= 11 is 0. The van der Waals surface area contributed by atoms with Gasteiger partial charge in [0.1, 0.15) is 0 Å². The number of carbonyl (C=O) groups is 1. The minimum atomic E-state index is 0.172. The molecule has 1 amide bonds. The molecule has 0 saturated carbocycles. The summed E-state index contributed by atoms with van der Waals surface area (Å²) in [5.74, 6) is 0.346. The first kappa shape index (κ1) is 16.2. The predicted molar refractivity (Wildman–Crippen MR) is 71.9 cm³/mol. The molecule has 0 fully saturated rings. The van der Waals surface area contributed by atoms with Crippen LogP contribution in [0.1, 0.15) is 46.5 Å². The van der Waals surface area contributed by atoms with Crippen LogP contribution in [0.5, 0.6) is 0 Å². The van der Waals surface area contributed by atoms with E-state index in [2.05, 4.69) is 25.7 Å². The minimum Gasteiger partial charge on any atom is -0.375 e. The zero-order valence-corrected chi connectivity index (χ0v) is 11.6. The summed E-state index contributed by atoms with van der Waals surface area (Å²) < 4.78 is 5.33. The molecule has 0 aromatic rings. The number of hydrogen-bond donors (Lipinski definition) is 1. The van der Waals surface area contributed by atoms with Crippen molar-refractivity contribution in [2.75, 3.05) is 19.8 Å². The summed E-state index contributed by atoms with van der Waals surface area (Å²) in [7, 11) is 0. The van der Waals surface area contributed by atoms with E-state index in [0.717, 1.165) is 31.3 Å². The molecule has 17 heavy (non-hydrogen) atoms. The van der Waals surface area contributed by atoms with Crippen molar-refractivity contribution < 1.29 is 9.53 Å². The molecule has 0 aliphatic heterocycles. The maximum Gasteiger partial charge on any atom is 0.223 e. The summed E-state index contributed by atoms with van der Waals surface area (Å²) in [5.41, 5.74) is 1.01. The minimum absolute atomic E-state index is 0.172. The van der Waals surface area contributed by atoms with Crippen LogP contribution in [0.2, 0.25) is 0 Å². The molecular weight excluding hydrogens is 214 g/mol. The monoisotopic (exact) mass is 241 g/mol. The van der Waals surface area contributed by atoms with Crippen LogP contribution in [0, 0.1) is 5.92 Å². The first-order valence-electron chi connectivity index (χ1n) is 6.61. The predicted octanol–water partition coefficient (Wildman–Crippen LogP) is 2.91. The van der Waals surface area contributed by atoms with Crippen LogP contribution < -0.4 is 5.32 Å². The molecule has 1 N–H and O–H groups in total. The quantitative estimate of drug-likeness (QED) is 0.472. The highest BCUT2D eigenvalue weighted by atomic mass is 16.5. The van der Waals surface area contributed by atoms with Crippen molar-refractivity contribution in [2.24, 2.45) is 5.92 Å². The van der Waals surface area contributed by atoms with E-state index in [1.54, 1.807) is 0 Å². The van der Waals surface area contributed by atoms with E-state index in [0.29, 0.717) is 19.8 Å². The van der Waals surface area contributed by atoms with Crippen LogP contribution in [0.3, 0.4) is 0 Å². The Morgan fingerprint density at radius 2 is 1.88 bits per heavy atom. The smallest absolute Gasteiger partial charge is 0.223 e. The van der Waals surface area contributed by atoms with Gasteiger partial charge in [0.05, 0.1) is 13.2 Å². The average molecular weight is 241 g/mol. The summed E-state index contributed by atoms with van der Waals surface area (Å²) in [6.07, 6.45) is 4.08. The summed E-state index contributed by atoms with van der Waals surface area (Å²) in [5, 5.41) is 2.93. The van der Waals surface area contributed by atoms with Gasteiger partial charge < -0.3 is 10.1 Å². The van der Waals surface area contributed by atoms with Crippen molar-refractivity contribution in [3.05, 3.63) is 12.2 Å². The van der Waals surface area contributed by atoms with Gasteiger partial charge in [-0.25, -0.2) is 0 Å². The molecule has 3 heteroatoms. The molecule has 100 valence electrons. The van der Waals surface area contributed by atoms with E-state index in [4.69, 9.17) is 4.74 Å². The molecule has 0 aromatic heterocycles. The second kappa shape index (κ2) is 10.3. The van der Waals surface area contributed by atoms with Crippen molar-refractivity contribution in [3.8, 4) is 0 Å². The fraction of sp³-hybridized carbons (Fsp3) is 0.786. The maximum absolute atomic E-state index is 11.8. The molecule has 0 heterocycles. The van der Waals surface area contributed by atoms with Crippen LogP contribution in [0.4, 0.5) is 0 Å². The van der Waals surface area contributed by atoms with E-state index in [9.17, 15) is 4.79 Å². The van der Waals surface area contributed by atoms with Crippen LogP contribution in [-0.2, 0) is 9.53 Å². The lowest BCUT2D eigenvalue weighted by Crippen LogP contribution is -2.33. The highest BCUT2D eigenvalue weighted by molar-refractivity contribution is 5.78. The summed E-state index contributed by atoms with van der Waals surface area (Å²) in [6, 6.07) is 0. The highest BCUT2D eigenvalue weighted by Gasteiger charge is 2.15. The SMILES string of the molecule is C=C(C)COCCNC(=O)C(CCC)CCC. The number of carbonyl (C=O) groups excluding carboxylic acids is 1. The van der Waals surface area contributed by atoms with Gasteiger partial charge in [0.2, 0.25) is 5.91 Å². The lowest BCUT2D eigenvalue weighted by Gasteiger charge is -2.15. The Kier molecular flexibility index (Phi) is 9.83. The van der Waals surface area contributed by atoms with Gasteiger partial charge in [-0.15, -0.1) is 0 Å². The molecule has 3 nitrogen and oxygen atoms in total. The van der Waals surface area contributed by atoms with Gasteiger partial charge in [-0.1, -0.05) is 38.8 Å². The van der Waals surface area contributed by atoms with Gasteiger partial charge in [-0.3, -0.25) is 4.79 Å². The molecule has 0 bridgehead atoms. The molecule has 0 atom stereocenters. The number of nitrogens with one attached hydrogen (secondary N) is 1. The van der Waals surface area contributed by atoms with E-state index in [1.165, 1.54) is 0 Å². The molecular formula is C14H27NO2. The fourth-order valence-electron chi connectivity index (χ4n) is 1.74. The largest absolute Gasteiger partial charge is 0.375 e. The lowest BCUT2D eigenvalue weighted by molar-refractivity contribution is -0.125. The molecule has 0 saturated heterocycles. The molecule has 0 aliphatic carbocycles. The first-order chi connectivity index (χ1) is 8.11. The Balaban J connectivity index is 3.70. The van der Waals surface area contributed by atoms with Crippen molar-refractivity contribution in [2.45, 2.75) is 46.5 Å². The second-order valence-electron chi connectivity index (χ2n) is 4.57. The van der Waals surface area contributed by atoms with E-state index in [-0.39, 0.29) is 11.8 Å². The molecule has 0 aromatic carbocycles. The van der Waals surface area contributed by atoms with Gasteiger partial charge in [0.25, 0.3) is 0 Å². The molecule has 0 aliphatic rings. The Labute approximate surface area is 106 Å². The standard InChI is InChI=1S/C14H27NO2/c1-5-7-13(8-6-2)14(16)15-9-10-17-11-12(3)4/h13H,3,5-11H2,1-2,4H3,(H,15,16). The van der Waals surface area contributed by atoms with E-state index >= 15 is 0 Å². The Morgan fingerprint density at radius 3 is 2.35 bits per heavy atom. The average Bonchev–Trinajstić information content (AvgIpc) is 2.27. The molecule has 0 unspecified atom stereocenters. The molecule has 0 radical (unpaired) electrons. The van der Waals surface area contributed by atoms with E-state index in [1.807, 2.05) is 6.92 Å². The van der Waals surface area contributed by atoms with Gasteiger partial charge >= 0.3 is 0 Å². The topological polar surface area (TPSA) is 38.3 Å². The third-order valence-corrected chi connectivity index (χ3v) is 2.54. The first-order valence-corrected chi connectivity index (χ1v) is 6.61. The maximum atomic E-state index is 11.8. The van der Waals surface area contributed by atoms with Crippen LogP contribution in [0.15, 0.2) is 12.2 Å². The zero-order valence-electron chi connectivity index (χ0n) is 11.6. The van der Waals surface area contributed by atoms with Gasteiger partial charge in [-0.2, -0.15) is 0 Å². The number of hydrogen-bond acceptors (Lipinski definition) is 2. The number of amides is 1. The Hall–Kier alpha value is -0.830. The molecule has 0 spiro atoms. The summed E-state index contributed by atoms with van der Waals surface area (Å²) in [6.45, 7) is 11.6.